The molecule has 0 aliphatic carbocycles. The number of piperazine rings is 1. The monoisotopic (exact) mass is 396 g/mol. The molecule has 2 aromatic heterocycles. The summed E-state index contributed by atoms with van der Waals surface area (Å²) in [6.07, 6.45) is 2.08. The lowest BCUT2D eigenvalue weighted by Gasteiger charge is -2.36. The van der Waals surface area contributed by atoms with Gasteiger partial charge in [-0.25, -0.2) is 9.37 Å². The van der Waals surface area contributed by atoms with E-state index in [4.69, 9.17) is 0 Å². The van der Waals surface area contributed by atoms with E-state index >= 15 is 0 Å². The molecule has 0 spiro atoms. The molecule has 4 rings (SSSR count). The van der Waals surface area contributed by atoms with Crippen molar-refractivity contribution in [2.75, 3.05) is 41.3 Å². The minimum atomic E-state index is -0.214. The van der Waals surface area contributed by atoms with Gasteiger partial charge in [0.15, 0.2) is 0 Å². The zero-order chi connectivity index (χ0) is 19.3. The molecule has 1 fully saturated rings. The van der Waals surface area contributed by atoms with Crippen LogP contribution in [0.25, 0.3) is 0 Å². The van der Waals surface area contributed by atoms with Crippen LogP contribution in [-0.2, 0) is 11.2 Å². The van der Waals surface area contributed by atoms with Gasteiger partial charge in [-0.15, -0.1) is 11.3 Å². The minimum absolute atomic E-state index is 0.0371. The highest BCUT2D eigenvalue weighted by Gasteiger charge is 2.18. The van der Waals surface area contributed by atoms with Gasteiger partial charge in [-0.1, -0.05) is 6.07 Å². The Bertz CT molecular complexity index is 905. The fourth-order valence-corrected chi connectivity index (χ4v) is 3.97. The first-order chi connectivity index (χ1) is 13.7. The fraction of sp³-hybridized carbons (Fsp3) is 0.238. The van der Waals surface area contributed by atoms with E-state index in [0.717, 1.165) is 42.6 Å². The predicted molar refractivity (Wildman–Crippen MR) is 112 cm³/mol. The van der Waals surface area contributed by atoms with Crippen molar-refractivity contribution in [1.29, 1.82) is 0 Å². The van der Waals surface area contributed by atoms with Gasteiger partial charge in [0.2, 0.25) is 5.91 Å². The molecule has 1 aliphatic heterocycles. The van der Waals surface area contributed by atoms with E-state index < -0.39 is 0 Å². The topological polar surface area (TPSA) is 48.5 Å². The van der Waals surface area contributed by atoms with Gasteiger partial charge in [0.25, 0.3) is 0 Å². The molecule has 0 bridgehead atoms. The van der Waals surface area contributed by atoms with Crippen LogP contribution in [0.3, 0.4) is 0 Å². The van der Waals surface area contributed by atoms with Gasteiger partial charge in [0.05, 0.1) is 18.3 Å². The molecule has 0 saturated carbocycles. The van der Waals surface area contributed by atoms with Crippen LogP contribution < -0.4 is 15.1 Å². The fourth-order valence-electron chi connectivity index (χ4n) is 3.27. The number of carbonyl (C=O) groups excluding carboxylic acids is 1. The van der Waals surface area contributed by atoms with Crippen molar-refractivity contribution in [2.24, 2.45) is 0 Å². The second kappa shape index (κ2) is 8.39. The highest BCUT2D eigenvalue weighted by molar-refractivity contribution is 7.10. The molecular weight excluding hydrogens is 375 g/mol. The van der Waals surface area contributed by atoms with Crippen molar-refractivity contribution >= 4 is 34.4 Å². The maximum absolute atomic E-state index is 13.1. The maximum atomic E-state index is 13.1. The standard InChI is InChI=1S/C21H21FN4OS/c22-16-3-6-18(7-4-16)25-9-11-26(12-10-25)20-8-5-17(15-23-20)24-21(27)14-19-2-1-13-28-19/h1-8,13,15H,9-12,14H2,(H,24,27). The average Bonchev–Trinajstić information content (AvgIpc) is 3.22. The number of hydrogen-bond donors (Lipinski definition) is 1. The number of carbonyl (C=O) groups is 1. The molecule has 1 amide bonds. The number of thiophene rings is 1. The van der Waals surface area contributed by atoms with Crippen LogP contribution in [0.2, 0.25) is 0 Å². The largest absolute Gasteiger partial charge is 0.368 e. The summed E-state index contributed by atoms with van der Waals surface area (Å²) in [5, 5.41) is 4.86. The normalized spacial score (nSPS) is 14.2. The third-order valence-corrected chi connectivity index (χ3v) is 5.62. The molecule has 0 radical (unpaired) electrons. The van der Waals surface area contributed by atoms with Crippen molar-refractivity contribution in [3.05, 3.63) is 70.8 Å². The van der Waals surface area contributed by atoms with Gasteiger partial charge in [-0.3, -0.25) is 4.79 Å². The Morgan fingerprint density at radius 2 is 1.79 bits per heavy atom. The van der Waals surface area contributed by atoms with E-state index in [2.05, 4.69) is 20.1 Å². The van der Waals surface area contributed by atoms with E-state index in [0.29, 0.717) is 12.1 Å². The Kier molecular flexibility index (Phi) is 5.53. The summed E-state index contributed by atoms with van der Waals surface area (Å²) in [6.45, 7) is 3.39. The lowest BCUT2D eigenvalue weighted by molar-refractivity contribution is -0.115. The lowest BCUT2D eigenvalue weighted by atomic mass is 10.2. The second-order valence-corrected chi connectivity index (χ2v) is 7.69. The number of nitrogens with one attached hydrogen (secondary N) is 1. The van der Waals surface area contributed by atoms with Gasteiger partial charge in [-0.2, -0.15) is 0 Å². The first-order valence-corrected chi connectivity index (χ1v) is 10.1. The van der Waals surface area contributed by atoms with Crippen LogP contribution in [0.5, 0.6) is 0 Å². The van der Waals surface area contributed by atoms with E-state index in [9.17, 15) is 9.18 Å². The summed E-state index contributed by atoms with van der Waals surface area (Å²) in [5.41, 5.74) is 1.74. The van der Waals surface area contributed by atoms with E-state index in [1.807, 2.05) is 41.8 Å². The number of aromatic nitrogens is 1. The molecule has 1 N–H and O–H groups in total. The molecular formula is C21H21FN4OS. The number of anilines is 3. The molecule has 28 heavy (non-hydrogen) atoms. The molecule has 3 heterocycles. The molecule has 1 aromatic carbocycles. The van der Waals surface area contributed by atoms with Gasteiger partial charge in [-0.05, 0) is 47.8 Å². The zero-order valence-corrected chi connectivity index (χ0v) is 16.2. The minimum Gasteiger partial charge on any atom is -0.368 e. The summed E-state index contributed by atoms with van der Waals surface area (Å²) in [6, 6.07) is 14.4. The van der Waals surface area contributed by atoms with Crippen molar-refractivity contribution in [3.8, 4) is 0 Å². The summed E-state index contributed by atoms with van der Waals surface area (Å²) < 4.78 is 13.1. The lowest BCUT2D eigenvalue weighted by Crippen LogP contribution is -2.46. The van der Waals surface area contributed by atoms with Crippen LogP contribution in [0, 0.1) is 5.82 Å². The summed E-state index contributed by atoms with van der Waals surface area (Å²) in [4.78, 5) is 22.1. The van der Waals surface area contributed by atoms with Crippen LogP contribution in [-0.4, -0.2) is 37.1 Å². The van der Waals surface area contributed by atoms with Crippen LogP contribution in [0.15, 0.2) is 60.1 Å². The number of amides is 1. The third kappa shape index (κ3) is 4.48. The Labute approximate surface area is 167 Å². The second-order valence-electron chi connectivity index (χ2n) is 6.66. The Balaban J connectivity index is 1.30. The molecule has 7 heteroatoms. The first-order valence-electron chi connectivity index (χ1n) is 9.21. The number of benzene rings is 1. The van der Waals surface area contributed by atoms with Crippen molar-refractivity contribution in [1.82, 2.24) is 4.98 Å². The number of nitrogens with zero attached hydrogens (tertiary/aromatic N) is 3. The SMILES string of the molecule is O=C(Cc1cccs1)Nc1ccc(N2CCN(c3ccc(F)cc3)CC2)nc1. The number of pyridine rings is 1. The summed E-state index contributed by atoms with van der Waals surface area (Å²) in [5.74, 6) is 0.647. The van der Waals surface area contributed by atoms with Crippen LogP contribution in [0.4, 0.5) is 21.6 Å². The number of rotatable bonds is 5. The van der Waals surface area contributed by atoms with Crippen molar-refractivity contribution in [3.63, 3.8) is 0 Å². The molecule has 5 nitrogen and oxygen atoms in total. The molecule has 0 atom stereocenters. The smallest absolute Gasteiger partial charge is 0.229 e. The van der Waals surface area contributed by atoms with Gasteiger partial charge < -0.3 is 15.1 Å². The number of halogens is 1. The Hall–Kier alpha value is -2.93. The summed E-state index contributed by atoms with van der Waals surface area (Å²) in [7, 11) is 0. The van der Waals surface area contributed by atoms with Gasteiger partial charge >= 0.3 is 0 Å². The van der Waals surface area contributed by atoms with E-state index in [1.54, 1.807) is 17.5 Å². The molecule has 3 aromatic rings. The molecule has 0 unspecified atom stereocenters. The van der Waals surface area contributed by atoms with Crippen molar-refractivity contribution in [2.45, 2.75) is 6.42 Å². The van der Waals surface area contributed by atoms with E-state index in [-0.39, 0.29) is 11.7 Å². The average molecular weight is 396 g/mol. The van der Waals surface area contributed by atoms with Crippen LogP contribution >= 0.6 is 11.3 Å². The summed E-state index contributed by atoms with van der Waals surface area (Å²) >= 11 is 1.58. The predicted octanol–water partition coefficient (Wildman–Crippen LogP) is 3.79. The van der Waals surface area contributed by atoms with Crippen LogP contribution in [0.1, 0.15) is 4.88 Å². The molecule has 1 aliphatic rings. The zero-order valence-electron chi connectivity index (χ0n) is 15.3. The Morgan fingerprint density at radius 1 is 1.04 bits per heavy atom. The first kappa shape index (κ1) is 18.4. The van der Waals surface area contributed by atoms with Gasteiger partial charge in [0.1, 0.15) is 11.6 Å². The molecule has 144 valence electrons. The third-order valence-electron chi connectivity index (χ3n) is 4.74. The maximum Gasteiger partial charge on any atom is 0.229 e. The Morgan fingerprint density at radius 3 is 2.43 bits per heavy atom. The van der Waals surface area contributed by atoms with Gasteiger partial charge in [0, 0.05) is 36.7 Å². The highest BCUT2D eigenvalue weighted by atomic mass is 32.1. The number of hydrogen-bond acceptors (Lipinski definition) is 5. The molecule has 1 saturated heterocycles. The highest BCUT2D eigenvalue weighted by Crippen LogP contribution is 2.21. The van der Waals surface area contributed by atoms with Crippen molar-refractivity contribution < 1.29 is 9.18 Å². The van der Waals surface area contributed by atoms with E-state index in [1.165, 1.54) is 12.1 Å². The quantitative estimate of drug-likeness (QED) is 0.713.